The summed E-state index contributed by atoms with van der Waals surface area (Å²) in [6.07, 6.45) is 9.77. The fourth-order valence-electron chi connectivity index (χ4n) is 8.98. The maximum atomic E-state index is 15.0. The number of hydrogen-bond acceptors (Lipinski definition) is 5. The minimum absolute atomic E-state index is 0.0243. The second kappa shape index (κ2) is 9.35. The molecule has 1 amide bonds. The van der Waals surface area contributed by atoms with Crippen LogP contribution in [-0.4, -0.2) is 33.2 Å². The van der Waals surface area contributed by atoms with Gasteiger partial charge < -0.3 is 14.4 Å². The molecule has 7 fully saturated rings. The maximum Gasteiger partial charge on any atom is 0.248 e. The number of rotatable bonds is 7. The van der Waals surface area contributed by atoms with Crippen LogP contribution in [0, 0.1) is 17.3 Å². The molecule has 2 heterocycles. The molecule has 0 spiro atoms. The summed E-state index contributed by atoms with van der Waals surface area (Å²) in [7, 11) is 0. The monoisotopic (exact) mass is 592 g/mol. The Bertz CT molecular complexity index is 1830. The summed E-state index contributed by atoms with van der Waals surface area (Å²) in [5.74, 6) is 2.18. The largest absolute Gasteiger partial charge is 0.339 e. The van der Waals surface area contributed by atoms with Crippen molar-refractivity contribution in [3.63, 3.8) is 0 Å². The maximum absolute atomic E-state index is 15.0. The number of alkyl halides is 1. The number of nitrogens with one attached hydrogen (secondary N) is 1. The molecule has 7 aliphatic carbocycles. The minimum Gasteiger partial charge on any atom is -0.339 e. The molecular formula is C36H37FN4O3. The van der Waals surface area contributed by atoms with E-state index in [4.69, 9.17) is 9.51 Å². The third kappa shape index (κ3) is 4.27. The summed E-state index contributed by atoms with van der Waals surface area (Å²) in [4.78, 5) is 35.9. The second-order valence-electron chi connectivity index (χ2n) is 14.7. The Morgan fingerprint density at radius 3 is 2.45 bits per heavy atom. The van der Waals surface area contributed by atoms with E-state index in [0.717, 1.165) is 90.8 Å². The standard InChI is InChI=1S/C36H37FN4O3/c37-36-18-26(19-36)28(20-36)32(43)41(27-3-1-2-23(17-27)24-6-8-29-25(16-24)7-9-30(42)38-29)21-34-10-13-35(14-11-34,15-12-34)33-39-31(40-44-33)22-4-5-22/h1-3,6-9,16-17,22,26,28H,4-5,10-15,18-21H2,(H,38,42). The SMILES string of the molecule is O=C(C1CC2(F)CC1C2)N(CC12CCC(c3nc(C4CC4)no3)(CC1)CC2)c1cccc(-c2ccc3[nH]c(=O)ccc3c2)c1. The lowest BCUT2D eigenvalue weighted by atomic mass is 9.53. The van der Waals surface area contributed by atoms with Crippen molar-refractivity contribution in [3.8, 4) is 11.1 Å². The van der Waals surface area contributed by atoms with Gasteiger partial charge in [0.25, 0.3) is 0 Å². The zero-order valence-corrected chi connectivity index (χ0v) is 24.9. The first kappa shape index (κ1) is 26.6. The molecule has 1 atom stereocenters. The molecule has 2 aromatic heterocycles. The fraction of sp³-hybridized carbons (Fsp3) is 0.500. The fourth-order valence-corrected chi connectivity index (χ4v) is 8.98. The van der Waals surface area contributed by atoms with Gasteiger partial charge in [-0.1, -0.05) is 23.4 Å². The highest BCUT2D eigenvalue weighted by molar-refractivity contribution is 5.97. The molecular weight excluding hydrogens is 555 g/mol. The van der Waals surface area contributed by atoms with E-state index in [1.807, 2.05) is 35.2 Å². The second-order valence-corrected chi connectivity index (χ2v) is 14.7. The van der Waals surface area contributed by atoms with E-state index in [-0.39, 0.29) is 34.1 Å². The number of pyridine rings is 1. The Morgan fingerprint density at radius 2 is 1.73 bits per heavy atom. The van der Waals surface area contributed by atoms with Gasteiger partial charge in [-0.15, -0.1) is 0 Å². The Balaban J connectivity index is 1.02. The van der Waals surface area contributed by atoms with Crippen molar-refractivity contribution in [2.45, 2.75) is 87.6 Å². The van der Waals surface area contributed by atoms with Crippen LogP contribution in [0.2, 0.25) is 0 Å². The summed E-state index contributed by atoms with van der Waals surface area (Å²) in [5, 5.41) is 5.28. The number of nitrogens with zero attached hydrogens (tertiary/aromatic N) is 3. The first-order valence-corrected chi connectivity index (χ1v) is 16.4. The molecule has 4 bridgehead atoms. The van der Waals surface area contributed by atoms with Crippen molar-refractivity contribution in [2.75, 3.05) is 11.4 Å². The molecule has 4 aromatic rings. The van der Waals surface area contributed by atoms with E-state index < -0.39 is 5.67 Å². The van der Waals surface area contributed by atoms with Crippen molar-refractivity contribution in [1.29, 1.82) is 0 Å². The van der Waals surface area contributed by atoms with Gasteiger partial charge in [-0.25, -0.2) is 4.39 Å². The number of aromatic nitrogens is 3. The molecule has 1 unspecified atom stereocenters. The average molecular weight is 593 g/mol. The molecule has 7 saturated carbocycles. The predicted molar refractivity (Wildman–Crippen MR) is 165 cm³/mol. The smallest absolute Gasteiger partial charge is 0.248 e. The summed E-state index contributed by atoms with van der Waals surface area (Å²) < 4.78 is 20.9. The van der Waals surface area contributed by atoms with Crippen LogP contribution >= 0.6 is 0 Å². The van der Waals surface area contributed by atoms with E-state index in [0.29, 0.717) is 31.7 Å². The molecule has 7 aliphatic rings. The quantitative estimate of drug-likeness (QED) is 0.245. The van der Waals surface area contributed by atoms with E-state index in [1.54, 1.807) is 6.07 Å². The number of H-pyrrole nitrogens is 1. The molecule has 7 nitrogen and oxygen atoms in total. The average Bonchev–Trinajstić information content (AvgIpc) is 3.51. The topological polar surface area (TPSA) is 92.1 Å². The first-order chi connectivity index (χ1) is 21.3. The number of fused-ring (bicyclic) bond motifs is 5. The van der Waals surface area contributed by atoms with Gasteiger partial charge in [0.2, 0.25) is 17.4 Å². The number of carbonyl (C=O) groups excluding carboxylic acids is 1. The zero-order chi connectivity index (χ0) is 29.7. The lowest BCUT2D eigenvalue weighted by molar-refractivity contribution is -0.123. The highest BCUT2D eigenvalue weighted by Crippen LogP contribution is 2.60. The van der Waals surface area contributed by atoms with Crippen molar-refractivity contribution >= 4 is 22.5 Å². The molecule has 0 radical (unpaired) electrons. The van der Waals surface area contributed by atoms with Gasteiger partial charge in [0, 0.05) is 41.1 Å². The number of halogens is 1. The van der Waals surface area contributed by atoms with Gasteiger partial charge in [-0.3, -0.25) is 9.59 Å². The highest BCUT2D eigenvalue weighted by Gasteiger charge is 2.60. The number of aromatic amines is 1. The highest BCUT2D eigenvalue weighted by atomic mass is 19.1. The summed E-state index contributed by atoms with van der Waals surface area (Å²) in [5.41, 5.74) is 2.43. The van der Waals surface area contributed by atoms with E-state index in [1.165, 1.54) is 0 Å². The van der Waals surface area contributed by atoms with Gasteiger partial charge in [0.05, 0.1) is 0 Å². The van der Waals surface area contributed by atoms with Crippen molar-refractivity contribution in [2.24, 2.45) is 17.3 Å². The van der Waals surface area contributed by atoms with Crippen LogP contribution in [0.15, 0.2) is 63.9 Å². The summed E-state index contributed by atoms with van der Waals surface area (Å²) >= 11 is 0. The molecule has 226 valence electrons. The zero-order valence-electron chi connectivity index (χ0n) is 24.9. The molecule has 0 aliphatic heterocycles. The molecule has 11 rings (SSSR count). The first-order valence-electron chi connectivity index (χ1n) is 16.4. The third-order valence-electron chi connectivity index (χ3n) is 11.9. The minimum atomic E-state index is -1.15. The third-order valence-corrected chi connectivity index (χ3v) is 11.9. The molecule has 44 heavy (non-hydrogen) atoms. The van der Waals surface area contributed by atoms with Crippen LogP contribution in [0.25, 0.3) is 22.0 Å². The Hall–Kier alpha value is -3.81. The van der Waals surface area contributed by atoms with Crippen LogP contribution in [0.5, 0.6) is 0 Å². The van der Waals surface area contributed by atoms with Gasteiger partial charge in [0.15, 0.2) is 5.82 Å². The Labute approximate surface area is 255 Å². The van der Waals surface area contributed by atoms with Crippen LogP contribution < -0.4 is 10.5 Å². The Morgan fingerprint density at radius 1 is 0.955 bits per heavy atom. The van der Waals surface area contributed by atoms with Crippen molar-refractivity contribution < 1.29 is 13.7 Å². The van der Waals surface area contributed by atoms with Gasteiger partial charge in [-0.05, 0) is 129 Å². The van der Waals surface area contributed by atoms with E-state index in [9.17, 15) is 9.59 Å². The van der Waals surface area contributed by atoms with Crippen LogP contribution in [0.3, 0.4) is 0 Å². The van der Waals surface area contributed by atoms with E-state index >= 15 is 4.39 Å². The van der Waals surface area contributed by atoms with Crippen molar-refractivity contribution in [3.05, 3.63) is 76.7 Å². The van der Waals surface area contributed by atoms with Crippen LogP contribution in [0.1, 0.15) is 88.3 Å². The summed E-state index contributed by atoms with van der Waals surface area (Å²) in [6.45, 7) is 0.657. The lowest BCUT2D eigenvalue weighted by Gasteiger charge is -2.53. The van der Waals surface area contributed by atoms with Gasteiger partial charge in [0.1, 0.15) is 5.67 Å². The van der Waals surface area contributed by atoms with Crippen LogP contribution in [-0.2, 0) is 10.2 Å². The van der Waals surface area contributed by atoms with Crippen molar-refractivity contribution in [1.82, 2.24) is 15.1 Å². The number of anilines is 1. The molecule has 1 N–H and O–H groups in total. The van der Waals surface area contributed by atoms with Gasteiger partial charge in [-0.2, -0.15) is 4.98 Å². The molecule has 8 heteroatoms. The Kier molecular flexibility index (Phi) is 5.65. The number of carbonyl (C=O) groups is 1. The lowest BCUT2D eigenvalue weighted by Crippen LogP contribution is -2.51. The number of amides is 1. The number of hydrogen-bond donors (Lipinski definition) is 1. The molecule has 0 saturated heterocycles. The van der Waals surface area contributed by atoms with E-state index in [2.05, 4.69) is 28.3 Å². The van der Waals surface area contributed by atoms with Gasteiger partial charge >= 0.3 is 0 Å². The number of benzene rings is 2. The summed E-state index contributed by atoms with van der Waals surface area (Å²) in [6, 6.07) is 17.6. The molecule has 2 aromatic carbocycles. The normalized spacial score (nSPS) is 32.1. The predicted octanol–water partition coefficient (Wildman–Crippen LogP) is 7.22. The van der Waals surface area contributed by atoms with Crippen LogP contribution in [0.4, 0.5) is 10.1 Å².